The van der Waals surface area contributed by atoms with Gasteiger partial charge in [-0.1, -0.05) is 11.6 Å². The van der Waals surface area contributed by atoms with E-state index in [1.165, 1.54) is 6.07 Å². The molecular formula is C13H17ClN4O2S. The standard InChI is InChI=1S/C13H17ClN4O2S/c1-9-7-11(14)13(8-12(9)15)21(19,20)16-5-3-10-4-6-18(2)17-10/h4,6-8,16H,3,5,15H2,1-2H3. The minimum Gasteiger partial charge on any atom is -0.398 e. The number of anilines is 1. The summed E-state index contributed by atoms with van der Waals surface area (Å²) in [6, 6.07) is 4.76. The maximum Gasteiger partial charge on any atom is 0.242 e. The summed E-state index contributed by atoms with van der Waals surface area (Å²) in [5.41, 5.74) is 7.70. The number of benzene rings is 1. The predicted molar refractivity (Wildman–Crippen MR) is 82.7 cm³/mol. The molecule has 0 amide bonds. The summed E-state index contributed by atoms with van der Waals surface area (Å²) in [6.07, 6.45) is 2.31. The first-order valence-electron chi connectivity index (χ1n) is 6.33. The maximum absolute atomic E-state index is 12.2. The topological polar surface area (TPSA) is 90.0 Å². The lowest BCUT2D eigenvalue weighted by Crippen LogP contribution is -2.26. The Balaban J connectivity index is 2.10. The Bertz CT molecular complexity index is 756. The molecule has 6 nitrogen and oxygen atoms in total. The van der Waals surface area contributed by atoms with Gasteiger partial charge in [-0.15, -0.1) is 0 Å². The van der Waals surface area contributed by atoms with Crippen LogP contribution in [0.4, 0.5) is 5.69 Å². The highest BCUT2D eigenvalue weighted by molar-refractivity contribution is 7.89. The number of nitrogens with zero attached hydrogens (tertiary/aromatic N) is 2. The number of halogens is 1. The Labute approximate surface area is 129 Å². The molecule has 0 aliphatic rings. The molecule has 0 spiro atoms. The first-order valence-corrected chi connectivity index (χ1v) is 8.19. The number of hydrogen-bond acceptors (Lipinski definition) is 4. The fourth-order valence-electron chi connectivity index (χ4n) is 1.86. The smallest absolute Gasteiger partial charge is 0.242 e. The van der Waals surface area contributed by atoms with Crippen molar-refractivity contribution in [1.82, 2.24) is 14.5 Å². The summed E-state index contributed by atoms with van der Waals surface area (Å²) in [5.74, 6) is 0. The average molecular weight is 329 g/mol. The Morgan fingerprint density at radius 1 is 1.43 bits per heavy atom. The molecule has 0 atom stereocenters. The molecule has 3 N–H and O–H groups in total. The number of aryl methyl sites for hydroxylation is 2. The van der Waals surface area contributed by atoms with Crippen molar-refractivity contribution in [2.45, 2.75) is 18.2 Å². The number of hydrogen-bond donors (Lipinski definition) is 2. The lowest BCUT2D eigenvalue weighted by molar-refractivity contribution is 0.581. The fourth-order valence-corrected chi connectivity index (χ4v) is 3.51. The summed E-state index contributed by atoms with van der Waals surface area (Å²) in [5, 5.41) is 4.34. The molecule has 0 unspecified atom stereocenters. The molecule has 0 radical (unpaired) electrons. The molecule has 0 saturated carbocycles. The zero-order chi connectivity index (χ0) is 15.6. The van der Waals surface area contributed by atoms with Crippen LogP contribution in [0.15, 0.2) is 29.3 Å². The first kappa shape index (κ1) is 15.8. The van der Waals surface area contributed by atoms with Crippen LogP contribution in [-0.2, 0) is 23.5 Å². The van der Waals surface area contributed by atoms with Gasteiger partial charge in [0.1, 0.15) is 4.90 Å². The van der Waals surface area contributed by atoms with E-state index in [-0.39, 0.29) is 16.5 Å². The fraction of sp³-hybridized carbons (Fsp3) is 0.308. The van der Waals surface area contributed by atoms with E-state index in [9.17, 15) is 8.42 Å². The Morgan fingerprint density at radius 3 is 2.76 bits per heavy atom. The lowest BCUT2D eigenvalue weighted by atomic mass is 10.2. The normalized spacial score (nSPS) is 11.8. The number of rotatable bonds is 5. The van der Waals surface area contributed by atoms with Crippen molar-refractivity contribution in [1.29, 1.82) is 0 Å². The summed E-state index contributed by atoms with van der Waals surface area (Å²) in [4.78, 5) is -0.00622. The molecule has 0 aliphatic carbocycles. The van der Waals surface area contributed by atoms with Crippen molar-refractivity contribution in [3.05, 3.63) is 40.7 Å². The highest BCUT2D eigenvalue weighted by Gasteiger charge is 2.18. The molecule has 21 heavy (non-hydrogen) atoms. The summed E-state index contributed by atoms with van der Waals surface area (Å²) in [6.45, 7) is 2.01. The van der Waals surface area contributed by atoms with Crippen LogP contribution in [0.25, 0.3) is 0 Å². The van der Waals surface area contributed by atoms with Crippen molar-refractivity contribution < 1.29 is 8.42 Å². The Morgan fingerprint density at radius 2 is 2.14 bits per heavy atom. The third-order valence-corrected chi connectivity index (χ3v) is 4.98. The molecule has 0 saturated heterocycles. The van der Waals surface area contributed by atoms with Crippen LogP contribution in [0.3, 0.4) is 0 Å². The van der Waals surface area contributed by atoms with E-state index < -0.39 is 10.0 Å². The van der Waals surface area contributed by atoms with Crippen molar-refractivity contribution in [3.63, 3.8) is 0 Å². The van der Waals surface area contributed by atoms with Crippen LogP contribution in [0.2, 0.25) is 5.02 Å². The molecule has 1 aromatic carbocycles. The highest BCUT2D eigenvalue weighted by Crippen LogP contribution is 2.26. The minimum atomic E-state index is -3.69. The third-order valence-electron chi connectivity index (χ3n) is 3.05. The number of nitrogens with two attached hydrogens (primary N) is 1. The van der Waals surface area contributed by atoms with E-state index >= 15 is 0 Å². The van der Waals surface area contributed by atoms with Crippen LogP contribution in [-0.4, -0.2) is 24.7 Å². The summed E-state index contributed by atoms with van der Waals surface area (Å²) < 4.78 is 28.6. The van der Waals surface area contributed by atoms with E-state index in [0.29, 0.717) is 12.1 Å². The van der Waals surface area contributed by atoms with Gasteiger partial charge < -0.3 is 5.73 Å². The highest BCUT2D eigenvalue weighted by atomic mass is 35.5. The number of aromatic nitrogens is 2. The average Bonchev–Trinajstić information content (AvgIpc) is 2.79. The van der Waals surface area contributed by atoms with Gasteiger partial charge in [-0.3, -0.25) is 4.68 Å². The summed E-state index contributed by atoms with van der Waals surface area (Å²) >= 11 is 5.99. The van der Waals surface area contributed by atoms with Crippen LogP contribution in [0, 0.1) is 6.92 Å². The van der Waals surface area contributed by atoms with Crippen LogP contribution < -0.4 is 10.5 Å². The van der Waals surface area contributed by atoms with E-state index in [2.05, 4.69) is 9.82 Å². The van der Waals surface area contributed by atoms with Crippen LogP contribution in [0.1, 0.15) is 11.3 Å². The van der Waals surface area contributed by atoms with Crippen LogP contribution >= 0.6 is 11.6 Å². The predicted octanol–water partition coefficient (Wildman–Crippen LogP) is 1.49. The maximum atomic E-state index is 12.2. The van der Waals surface area contributed by atoms with E-state index in [0.717, 1.165) is 11.3 Å². The molecule has 0 fully saturated rings. The van der Waals surface area contributed by atoms with Crippen molar-refractivity contribution in [3.8, 4) is 0 Å². The van der Waals surface area contributed by atoms with Gasteiger partial charge in [-0.2, -0.15) is 5.10 Å². The minimum absolute atomic E-state index is 0.00622. The molecule has 2 rings (SSSR count). The van der Waals surface area contributed by atoms with Crippen molar-refractivity contribution >= 4 is 27.3 Å². The van der Waals surface area contributed by atoms with E-state index in [1.807, 2.05) is 13.1 Å². The molecule has 0 bridgehead atoms. The van der Waals surface area contributed by atoms with Gasteiger partial charge in [0.15, 0.2) is 0 Å². The van der Waals surface area contributed by atoms with E-state index in [4.69, 9.17) is 17.3 Å². The monoisotopic (exact) mass is 328 g/mol. The quantitative estimate of drug-likeness (QED) is 0.814. The van der Waals surface area contributed by atoms with Crippen LogP contribution in [0.5, 0.6) is 0 Å². The van der Waals surface area contributed by atoms with Gasteiger partial charge in [0.05, 0.1) is 10.7 Å². The molecule has 2 aromatic rings. The molecule has 8 heteroatoms. The van der Waals surface area contributed by atoms with Crippen molar-refractivity contribution in [2.75, 3.05) is 12.3 Å². The van der Waals surface area contributed by atoms with Gasteiger partial charge in [0.2, 0.25) is 10.0 Å². The molecule has 0 aliphatic heterocycles. The van der Waals surface area contributed by atoms with Gasteiger partial charge in [0.25, 0.3) is 0 Å². The largest absolute Gasteiger partial charge is 0.398 e. The van der Waals surface area contributed by atoms with Gasteiger partial charge in [0, 0.05) is 31.9 Å². The SMILES string of the molecule is Cc1cc(Cl)c(S(=O)(=O)NCCc2ccn(C)n2)cc1N. The van der Waals surface area contributed by atoms with Crippen molar-refractivity contribution in [2.24, 2.45) is 7.05 Å². The number of nitrogen functional groups attached to an aromatic ring is 1. The molecule has 1 aromatic heterocycles. The Hall–Kier alpha value is -1.57. The zero-order valence-corrected chi connectivity index (χ0v) is 13.4. The lowest BCUT2D eigenvalue weighted by Gasteiger charge is -2.10. The van der Waals surface area contributed by atoms with E-state index in [1.54, 1.807) is 23.9 Å². The molecular weight excluding hydrogens is 312 g/mol. The number of nitrogens with one attached hydrogen (secondary N) is 1. The second kappa shape index (κ2) is 6.05. The Kier molecular flexibility index (Phi) is 4.55. The van der Waals surface area contributed by atoms with Gasteiger partial charge >= 0.3 is 0 Å². The van der Waals surface area contributed by atoms with Gasteiger partial charge in [-0.05, 0) is 30.7 Å². The second-order valence-corrected chi connectivity index (χ2v) is 6.91. The third kappa shape index (κ3) is 3.75. The second-order valence-electron chi connectivity index (χ2n) is 4.77. The zero-order valence-electron chi connectivity index (χ0n) is 11.8. The molecule has 1 heterocycles. The first-order chi connectivity index (χ1) is 9.79. The number of sulfonamides is 1. The summed E-state index contributed by atoms with van der Waals surface area (Å²) in [7, 11) is -1.88. The van der Waals surface area contributed by atoms with Gasteiger partial charge in [-0.25, -0.2) is 13.1 Å². The molecule has 114 valence electrons.